The molecule has 0 aromatic heterocycles. The monoisotopic (exact) mass is 676 g/mol. The lowest BCUT2D eigenvalue weighted by Crippen LogP contribution is -2.26. The fourth-order valence-electron chi connectivity index (χ4n) is 7.60. The molecule has 5 nitrogen and oxygen atoms in total. The van der Waals surface area contributed by atoms with Crippen LogP contribution >= 0.6 is 10.0 Å². The van der Waals surface area contributed by atoms with Gasteiger partial charge in [-0.2, -0.15) is 18.4 Å². The van der Waals surface area contributed by atoms with Crippen molar-refractivity contribution in [2.45, 2.75) is 89.8 Å². The fourth-order valence-corrected chi connectivity index (χ4v) is 12.4. The molecule has 7 heteroatoms. The zero-order chi connectivity index (χ0) is 34.6. The third kappa shape index (κ3) is 6.49. The number of allylic oxidation sites excluding steroid dienone is 4. The Bertz CT molecular complexity index is 1860. The molecule has 1 aliphatic heterocycles. The predicted octanol–water partition coefficient (Wildman–Crippen LogP) is 9.76. The molecule has 0 saturated heterocycles. The number of aryl methyl sites for hydroxylation is 4. The molecule has 0 spiro atoms. The lowest BCUT2D eigenvalue weighted by Gasteiger charge is -2.36. The number of hydrogen-bond acceptors (Lipinski definition) is 4. The summed E-state index contributed by atoms with van der Waals surface area (Å²) in [5, 5.41) is 9.37. The summed E-state index contributed by atoms with van der Waals surface area (Å²) in [6.07, 6.45) is 5.78. The van der Waals surface area contributed by atoms with Crippen LogP contribution in [0.15, 0.2) is 79.3 Å². The Kier molecular flexibility index (Phi) is 9.98. The van der Waals surface area contributed by atoms with Crippen molar-refractivity contribution < 1.29 is 22.8 Å². The first-order valence-corrected chi connectivity index (χ1v) is 20.3. The van der Waals surface area contributed by atoms with Crippen LogP contribution in [0.25, 0.3) is 11.1 Å². The van der Waals surface area contributed by atoms with Crippen LogP contribution in [0.4, 0.5) is 0 Å². The molecule has 3 unspecified atom stereocenters. The highest BCUT2D eigenvalue weighted by molar-refractivity contribution is 8.33. The van der Waals surface area contributed by atoms with Crippen molar-refractivity contribution in [3.05, 3.63) is 92.4 Å². The van der Waals surface area contributed by atoms with Gasteiger partial charge < -0.3 is 9.84 Å². The van der Waals surface area contributed by atoms with Gasteiger partial charge in [0.1, 0.15) is 12.4 Å². The SMILES string of the molecule is Cc1ccc2c(c1)-c1cc(C)c(CC(C)C3=C(S(=O)(=O)O)C(C(C)C)CC(C(C)C)=C3)cc1S2(C)c1cc(C)c(OCCO)c(C)c1. The third-order valence-corrected chi connectivity index (χ3v) is 15.0. The molecule has 0 fully saturated rings. The van der Waals surface area contributed by atoms with E-state index in [9.17, 15) is 18.1 Å². The molecule has 1 aliphatic carbocycles. The molecule has 2 N–H and O–H groups in total. The maximum absolute atomic E-state index is 12.9. The van der Waals surface area contributed by atoms with E-state index < -0.39 is 20.1 Å². The Morgan fingerprint density at radius 1 is 0.894 bits per heavy atom. The van der Waals surface area contributed by atoms with E-state index in [-0.39, 0.29) is 35.9 Å². The normalized spacial score (nSPS) is 21.4. The molecule has 0 amide bonds. The van der Waals surface area contributed by atoms with Crippen molar-refractivity contribution in [3.63, 3.8) is 0 Å². The topological polar surface area (TPSA) is 83.8 Å². The van der Waals surface area contributed by atoms with E-state index in [1.54, 1.807) is 0 Å². The highest BCUT2D eigenvalue weighted by Crippen LogP contribution is 2.74. The second kappa shape index (κ2) is 13.2. The van der Waals surface area contributed by atoms with Gasteiger partial charge in [0.25, 0.3) is 10.1 Å². The van der Waals surface area contributed by atoms with Crippen molar-refractivity contribution in [3.8, 4) is 16.9 Å². The molecule has 5 rings (SSSR count). The van der Waals surface area contributed by atoms with Gasteiger partial charge in [-0.15, -0.1) is 0 Å². The van der Waals surface area contributed by atoms with Crippen LogP contribution in [0.1, 0.15) is 68.9 Å². The van der Waals surface area contributed by atoms with E-state index in [2.05, 4.69) is 103 Å². The van der Waals surface area contributed by atoms with Gasteiger partial charge in [-0.25, -0.2) is 0 Å². The summed E-state index contributed by atoms with van der Waals surface area (Å²) in [6, 6.07) is 16.0. The molecule has 1 heterocycles. The van der Waals surface area contributed by atoms with Crippen molar-refractivity contribution in [1.82, 2.24) is 0 Å². The maximum atomic E-state index is 12.9. The molecule has 0 bridgehead atoms. The minimum atomic E-state index is -4.37. The third-order valence-electron chi connectivity index (χ3n) is 10.3. The Morgan fingerprint density at radius 2 is 1.53 bits per heavy atom. The second-order valence-electron chi connectivity index (χ2n) is 14.5. The smallest absolute Gasteiger partial charge is 0.291 e. The average Bonchev–Trinajstić information content (AvgIpc) is 3.22. The molecular weight excluding hydrogens is 625 g/mol. The molecule has 0 radical (unpaired) electrons. The Morgan fingerprint density at radius 3 is 2.11 bits per heavy atom. The van der Waals surface area contributed by atoms with Gasteiger partial charge in [-0.05, 0) is 133 Å². The molecule has 3 atom stereocenters. The minimum absolute atomic E-state index is 0.0282. The van der Waals surface area contributed by atoms with E-state index in [1.807, 2.05) is 13.8 Å². The lowest BCUT2D eigenvalue weighted by atomic mass is 9.76. The van der Waals surface area contributed by atoms with Crippen molar-refractivity contribution in [1.29, 1.82) is 0 Å². The number of benzene rings is 3. The van der Waals surface area contributed by atoms with Crippen LogP contribution in [-0.4, -0.2) is 37.5 Å². The minimum Gasteiger partial charge on any atom is -0.491 e. The molecular formula is C40H52O5S2. The first-order valence-electron chi connectivity index (χ1n) is 16.8. The maximum Gasteiger partial charge on any atom is 0.291 e. The van der Waals surface area contributed by atoms with E-state index in [4.69, 9.17) is 4.74 Å². The Hall–Kier alpha value is -2.84. The van der Waals surface area contributed by atoms with Crippen molar-refractivity contribution >= 4 is 20.1 Å². The lowest BCUT2D eigenvalue weighted by molar-refractivity contribution is 0.200. The molecule has 47 heavy (non-hydrogen) atoms. The van der Waals surface area contributed by atoms with Crippen LogP contribution < -0.4 is 4.74 Å². The van der Waals surface area contributed by atoms with E-state index >= 15 is 0 Å². The van der Waals surface area contributed by atoms with Crippen LogP contribution in [-0.2, 0) is 16.5 Å². The molecule has 2 aliphatic rings. The molecule has 3 aromatic rings. The average molecular weight is 677 g/mol. The summed E-state index contributed by atoms with van der Waals surface area (Å²) in [5.74, 6) is 0.847. The number of ether oxygens (including phenoxy) is 1. The highest BCUT2D eigenvalue weighted by atomic mass is 32.3. The van der Waals surface area contributed by atoms with Gasteiger partial charge >= 0.3 is 0 Å². The second-order valence-corrected chi connectivity index (χ2v) is 19.1. The van der Waals surface area contributed by atoms with Gasteiger partial charge in [0, 0.05) is 15.7 Å². The first-order chi connectivity index (χ1) is 22.0. The summed E-state index contributed by atoms with van der Waals surface area (Å²) < 4.78 is 42.4. The van der Waals surface area contributed by atoms with E-state index in [0.717, 1.165) is 22.4 Å². The highest BCUT2D eigenvalue weighted by Gasteiger charge is 2.39. The summed E-state index contributed by atoms with van der Waals surface area (Å²) in [5.41, 5.74) is 10.3. The summed E-state index contributed by atoms with van der Waals surface area (Å²) in [4.78, 5) is 4.14. The predicted molar refractivity (Wildman–Crippen MR) is 195 cm³/mol. The Labute approximate surface area is 284 Å². The van der Waals surface area contributed by atoms with Crippen molar-refractivity contribution in [2.24, 2.45) is 23.7 Å². The fraction of sp³-hybridized carbons (Fsp3) is 0.450. The zero-order valence-corrected chi connectivity index (χ0v) is 31.3. The van der Waals surface area contributed by atoms with Gasteiger partial charge in [-0.3, -0.25) is 4.55 Å². The molecule has 254 valence electrons. The van der Waals surface area contributed by atoms with E-state index in [1.165, 1.54) is 48.1 Å². The largest absolute Gasteiger partial charge is 0.491 e. The van der Waals surface area contributed by atoms with Crippen LogP contribution in [0, 0.1) is 51.4 Å². The van der Waals surface area contributed by atoms with Crippen LogP contribution in [0.3, 0.4) is 0 Å². The number of aliphatic hydroxyl groups is 1. The number of fused-ring (bicyclic) bond motifs is 3. The summed E-state index contributed by atoms with van der Waals surface area (Å²) in [7, 11) is -6.01. The first kappa shape index (κ1) is 35.5. The summed E-state index contributed by atoms with van der Waals surface area (Å²) >= 11 is 0. The standard InChI is InChI=1S/C40H52O5S2/c1-23(2)30-20-33(24(3)4)40(47(42,43)44)34(21-30)27(7)16-31-22-38-36(19-26(31)6)35-15-25(5)11-12-37(35)46(38,10)32-17-28(8)39(29(9)18-32)45-14-13-41/h11-12,15,17-19,21-24,27,33,41H,13-14,16,20H2,1-10H3,(H,42,43,44). The summed E-state index contributed by atoms with van der Waals surface area (Å²) in [6.45, 7) is 19.2. The Balaban J connectivity index is 1.67. The van der Waals surface area contributed by atoms with Gasteiger partial charge in [0.05, 0.1) is 11.5 Å². The van der Waals surface area contributed by atoms with Crippen LogP contribution in [0.5, 0.6) is 5.75 Å². The van der Waals surface area contributed by atoms with Gasteiger partial charge in [0.2, 0.25) is 0 Å². The molecule has 3 aromatic carbocycles. The van der Waals surface area contributed by atoms with Gasteiger partial charge in [0.15, 0.2) is 0 Å². The number of rotatable bonds is 10. The number of aliphatic hydroxyl groups excluding tert-OH is 1. The van der Waals surface area contributed by atoms with Gasteiger partial charge in [-0.1, -0.05) is 70.0 Å². The van der Waals surface area contributed by atoms with E-state index in [0.29, 0.717) is 18.8 Å². The molecule has 0 saturated carbocycles. The van der Waals surface area contributed by atoms with Crippen molar-refractivity contribution in [2.75, 3.05) is 19.5 Å². The number of hydrogen-bond donors (Lipinski definition) is 2. The quantitative estimate of drug-likeness (QED) is 0.209. The van der Waals surface area contributed by atoms with Crippen LogP contribution in [0.2, 0.25) is 0 Å². The zero-order valence-electron chi connectivity index (χ0n) is 29.7.